The summed E-state index contributed by atoms with van der Waals surface area (Å²) in [7, 11) is 0. The summed E-state index contributed by atoms with van der Waals surface area (Å²) in [6.45, 7) is 17.2. The summed E-state index contributed by atoms with van der Waals surface area (Å²) < 4.78 is 5.21. The summed E-state index contributed by atoms with van der Waals surface area (Å²) in [5, 5.41) is 2.80. The highest BCUT2D eigenvalue weighted by molar-refractivity contribution is 5.67. The monoisotopic (exact) mass is 355 g/mol. The molecule has 0 radical (unpaired) electrons. The molecule has 148 valence electrons. The van der Waals surface area contributed by atoms with Crippen LogP contribution in [0.5, 0.6) is 0 Å². The van der Waals surface area contributed by atoms with Gasteiger partial charge in [0.15, 0.2) is 0 Å². The van der Waals surface area contributed by atoms with Crippen molar-refractivity contribution in [3.05, 3.63) is 0 Å². The predicted octanol–water partition coefficient (Wildman–Crippen LogP) is 4.51. The first kappa shape index (κ1) is 23.9. The highest BCUT2D eigenvalue weighted by atomic mass is 16.6. The zero-order valence-electron chi connectivity index (χ0n) is 17.4. The molecule has 0 fully saturated rings. The second-order valence-corrected chi connectivity index (χ2v) is 7.80. The maximum atomic E-state index is 11.5. The Morgan fingerprint density at radius 3 is 2.36 bits per heavy atom. The molecule has 0 rings (SSSR count). The topological polar surface area (TPSA) is 53.9 Å². The molecule has 1 atom stereocenters. The third-order valence-corrected chi connectivity index (χ3v) is 3.74. The molecule has 0 aromatic carbocycles. The highest BCUT2D eigenvalue weighted by Gasteiger charge is 2.15. The first-order valence-electron chi connectivity index (χ1n) is 9.97. The summed E-state index contributed by atoms with van der Waals surface area (Å²) in [5.41, 5.74) is -0.432. The number of hydrogen-bond acceptors (Lipinski definition) is 4. The van der Waals surface area contributed by atoms with E-state index in [-0.39, 0.29) is 6.09 Å². The van der Waals surface area contributed by atoms with Gasteiger partial charge in [-0.2, -0.15) is 0 Å². The van der Waals surface area contributed by atoms with Gasteiger partial charge in [0.25, 0.3) is 0 Å². The average molecular weight is 356 g/mol. The number of alkyl carbamates (subject to hydrolysis) is 1. The van der Waals surface area contributed by atoms with Gasteiger partial charge in [-0.25, -0.2) is 4.79 Å². The average Bonchev–Trinajstić information content (AvgIpc) is 2.49. The third kappa shape index (κ3) is 16.1. The fraction of sp³-hybridized carbons (Fsp3) is 0.900. The van der Waals surface area contributed by atoms with Gasteiger partial charge < -0.3 is 15.0 Å². The van der Waals surface area contributed by atoms with Crippen LogP contribution in [0.4, 0.5) is 4.79 Å². The van der Waals surface area contributed by atoms with E-state index in [1.54, 1.807) is 0 Å². The van der Waals surface area contributed by atoms with Crippen molar-refractivity contribution in [2.24, 2.45) is 10.9 Å². The van der Waals surface area contributed by atoms with Crippen LogP contribution in [-0.4, -0.2) is 55.5 Å². The zero-order chi connectivity index (χ0) is 19.1. The third-order valence-electron chi connectivity index (χ3n) is 3.74. The lowest BCUT2D eigenvalue weighted by Crippen LogP contribution is -2.33. The van der Waals surface area contributed by atoms with Gasteiger partial charge in [-0.05, 0) is 65.5 Å². The van der Waals surface area contributed by atoms with Crippen LogP contribution in [0.25, 0.3) is 0 Å². The lowest BCUT2D eigenvalue weighted by Gasteiger charge is -2.19. The Balaban J connectivity index is 3.72. The van der Waals surface area contributed by atoms with E-state index in [4.69, 9.17) is 4.74 Å². The van der Waals surface area contributed by atoms with Crippen LogP contribution in [0.15, 0.2) is 4.99 Å². The van der Waals surface area contributed by atoms with Crippen molar-refractivity contribution >= 4 is 12.3 Å². The maximum Gasteiger partial charge on any atom is 0.407 e. The molecule has 5 heteroatoms. The molecule has 0 saturated carbocycles. The van der Waals surface area contributed by atoms with Gasteiger partial charge in [0.2, 0.25) is 0 Å². The standard InChI is InChI=1S/C20H41N3O2/c1-7-14-23(15-8-2)16-13-21-17-18(3)11-9-10-12-22-19(24)25-20(4,5)6/h17-18H,7-16H2,1-6H3,(H,22,24). The van der Waals surface area contributed by atoms with Crippen molar-refractivity contribution in [1.29, 1.82) is 0 Å². The number of carbonyl (C=O) groups is 1. The molecule has 0 aromatic heterocycles. The summed E-state index contributed by atoms with van der Waals surface area (Å²) in [5.74, 6) is 0.493. The quantitative estimate of drug-likeness (QED) is 0.391. The Kier molecular flexibility index (Phi) is 13.5. The summed E-state index contributed by atoms with van der Waals surface area (Å²) >= 11 is 0. The normalized spacial score (nSPS) is 13.4. The van der Waals surface area contributed by atoms with Gasteiger partial charge in [-0.15, -0.1) is 0 Å². The molecular weight excluding hydrogens is 314 g/mol. The Hall–Kier alpha value is -1.10. The van der Waals surface area contributed by atoms with Gasteiger partial charge in [-0.1, -0.05) is 27.2 Å². The van der Waals surface area contributed by atoms with E-state index in [0.29, 0.717) is 12.5 Å². The number of amides is 1. The molecule has 0 aliphatic rings. The second-order valence-electron chi connectivity index (χ2n) is 7.80. The number of hydrogen-bond donors (Lipinski definition) is 1. The van der Waals surface area contributed by atoms with E-state index in [2.05, 4.69) is 42.2 Å². The number of nitrogens with zero attached hydrogens (tertiary/aromatic N) is 2. The lowest BCUT2D eigenvalue weighted by atomic mass is 10.1. The largest absolute Gasteiger partial charge is 0.444 e. The van der Waals surface area contributed by atoms with Gasteiger partial charge in [-0.3, -0.25) is 4.99 Å². The summed E-state index contributed by atoms with van der Waals surface area (Å²) in [4.78, 5) is 18.6. The second kappa shape index (κ2) is 14.1. The van der Waals surface area contributed by atoms with E-state index in [9.17, 15) is 4.79 Å². The number of carbonyl (C=O) groups excluding carboxylic acids is 1. The van der Waals surface area contributed by atoms with Crippen LogP contribution >= 0.6 is 0 Å². The Labute approximate surface area is 155 Å². The van der Waals surface area contributed by atoms with Gasteiger partial charge in [0, 0.05) is 19.3 Å². The van der Waals surface area contributed by atoms with Crippen LogP contribution in [0.2, 0.25) is 0 Å². The molecule has 1 amide bonds. The molecule has 0 saturated heterocycles. The van der Waals surface area contributed by atoms with Crippen molar-refractivity contribution in [2.45, 2.75) is 79.2 Å². The van der Waals surface area contributed by atoms with Crippen LogP contribution in [-0.2, 0) is 4.74 Å². The fourth-order valence-corrected chi connectivity index (χ4v) is 2.59. The minimum absolute atomic E-state index is 0.328. The molecule has 0 aromatic rings. The molecule has 0 aliphatic carbocycles. The van der Waals surface area contributed by atoms with Crippen LogP contribution < -0.4 is 5.32 Å². The predicted molar refractivity (Wildman–Crippen MR) is 108 cm³/mol. The number of unbranched alkanes of at least 4 members (excludes halogenated alkanes) is 1. The van der Waals surface area contributed by atoms with Crippen LogP contribution in [0, 0.1) is 5.92 Å². The number of ether oxygens (including phenoxy) is 1. The molecule has 0 spiro atoms. The number of nitrogens with one attached hydrogen (secondary N) is 1. The van der Waals surface area contributed by atoms with Gasteiger partial charge in [0.1, 0.15) is 5.60 Å². The van der Waals surface area contributed by atoms with E-state index < -0.39 is 5.60 Å². The van der Waals surface area contributed by atoms with Crippen molar-refractivity contribution in [3.8, 4) is 0 Å². The van der Waals surface area contributed by atoms with E-state index in [1.165, 1.54) is 25.9 Å². The Morgan fingerprint density at radius 2 is 1.80 bits per heavy atom. The van der Waals surface area contributed by atoms with E-state index in [0.717, 1.165) is 32.4 Å². The number of rotatable bonds is 13. The molecule has 0 heterocycles. The van der Waals surface area contributed by atoms with Crippen molar-refractivity contribution in [2.75, 3.05) is 32.7 Å². The molecule has 5 nitrogen and oxygen atoms in total. The molecular formula is C20H41N3O2. The SMILES string of the molecule is CCCN(CCC)CCN=CC(C)CCCCNC(=O)OC(C)(C)C. The highest BCUT2D eigenvalue weighted by Crippen LogP contribution is 2.07. The first-order valence-corrected chi connectivity index (χ1v) is 9.97. The Morgan fingerprint density at radius 1 is 1.16 bits per heavy atom. The zero-order valence-corrected chi connectivity index (χ0v) is 17.4. The van der Waals surface area contributed by atoms with Crippen molar-refractivity contribution in [1.82, 2.24) is 10.2 Å². The van der Waals surface area contributed by atoms with Gasteiger partial charge in [0.05, 0.1) is 6.54 Å². The van der Waals surface area contributed by atoms with E-state index in [1.807, 2.05) is 20.8 Å². The molecule has 0 bridgehead atoms. The molecule has 1 unspecified atom stereocenters. The van der Waals surface area contributed by atoms with Crippen molar-refractivity contribution < 1.29 is 9.53 Å². The lowest BCUT2D eigenvalue weighted by molar-refractivity contribution is 0.0527. The molecule has 1 N–H and O–H groups in total. The maximum absolute atomic E-state index is 11.5. The fourth-order valence-electron chi connectivity index (χ4n) is 2.59. The molecule has 25 heavy (non-hydrogen) atoms. The van der Waals surface area contributed by atoms with Crippen LogP contribution in [0.1, 0.15) is 73.6 Å². The minimum Gasteiger partial charge on any atom is -0.444 e. The minimum atomic E-state index is -0.432. The van der Waals surface area contributed by atoms with Crippen LogP contribution in [0.3, 0.4) is 0 Å². The van der Waals surface area contributed by atoms with Crippen molar-refractivity contribution in [3.63, 3.8) is 0 Å². The smallest absolute Gasteiger partial charge is 0.407 e. The van der Waals surface area contributed by atoms with E-state index >= 15 is 0 Å². The summed E-state index contributed by atoms with van der Waals surface area (Å²) in [6.07, 6.45) is 7.34. The van der Waals surface area contributed by atoms with Gasteiger partial charge >= 0.3 is 6.09 Å². The Bertz CT molecular complexity index is 358. The molecule has 0 aliphatic heterocycles. The first-order chi connectivity index (χ1) is 11.8. The number of aliphatic imine (C=N–C) groups is 1. The summed E-state index contributed by atoms with van der Waals surface area (Å²) in [6, 6.07) is 0.